The van der Waals surface area contributed by atoms with E-state index in [9.17, 15) is 0 Å². The Balaban J connectivity index is 2.05. The number of aliphatic imine (C=N–C) groups is 1. The molecule has 23 heavy (non-hydrogen) atoms. The number of nitrogens with one attached hydrogen (secondary N) is 1. The molecule has 2 aromatic carbocycles. The van der Waals surface area contributed by atoms with E-state index >= 15 is 0 Å². The van der Waals surface area contributed by atoms with Gasteiger partial charge in [0, 0.05) is 11.1 Å². The summed E-state index contributed by atoms with van der Waals surface area (Å²) in [7, 11) is 0. The van der Waals surface area contributed by atoms with Crippen LogP contribution >= 0.6 is 0 Å². The fourth-order valence-corrected chi connectivity index (χ4v) is 3.25. The van der Waals surface area contributed by atoms with Gasteiger partial charge in [-0.1, -0.05) is 36.4 Å². The van der Waals surface area contributed by atoms with Crippen molar-refractivity contribution in [3.63, 3.8) is 0 Å². The molecule has 0 unspecified atom stereocenters. The second-order valence-corrected chi connectivity index (χ2v) is 7.34. The molecule has 1 heterocycles. The minimum absolute atomic E-state index is 0.0317. The number of amidine groups is 1. The van der Waals surface area contributed by atoms with Crippen molar-refractivity contribution in [2.24, 2.45) is 4.99 Å². The van der Waals surface area contributed by atoms with Crippen LogP contribution < -0.4 is 5.32 Å². The van der Waals surface area contributed by atoms with E-state index in [-0.39, 0.29) is 11.6 Å². The minimum Gasteiger partial charge on any atom is -0.365 e. The van der Waals surface area contributed by atoms with Gasteiger partial charge in [-0.05, 0) is 69.4 Å². The standard InChI is InChI=1S/C21H26N2/c1-14-11-18-13-21(4,5)23-20(19(18)12-15(14)2)22-16(3)17-9-7-6-8-10-17/h6-12,16H,13H2,1-5H3,(H,22,23)/t16-/m1/s1. The zero-order chi connectivity index (χ0) is 16.6. The summed E-state index contributed by atoms with van der Waals surface area (Å²) in [4.78, 5) is 5.02. The van der Waals surface area contributed by atoms with Crippen molar-refractivity contribution in [1.29, 1.82) is 0 Å². The van der Waals surface area contributed by atoms with Crippen LogP contribution in [0.5, 0.6) is 0 Å². The molecule has 0 aliphatic carbocycles. The van der Waals surface area contributed by atoms with Crippen LogP contribution in [0.3, 0.4) is 0 Å². The summed E-state index contributed by atoms with van der Waals surface area (Å²) < 4.78 is 0. The number of benzene rings is 2. The van der Waals surface area contributed by atoms with E-state index in [2.05, 4.69) is 76.3 Å². The predicted octanol–water partition coefficient (Wildman–Crippen LogP) is 4.74. The number of nitrogens with zero attached hydrogens (tertiary/aromatic N) is 1. The van der Waals surface area contributed by atoms with Crippen molar-refractivity contribution in [3.05, 3.63) is 70.3 Å². The van der Waals surface area contributed by atoms with E-state index in [1.54, 1.807) is 0 Å². The molecule has 1 atom stereocenters. The highest BCUT2D eigenvalue weighted by molar-refractivity contribution is 6.02. The smallest absolute Gasteiger partial charge is 0.129 e. The summed E-state index contributed by atoms with van der Waals surface area (Å²) in [5.74, 6) is 1.02. The lowest BCUT2D eigenvalue weighted by atomic mass is 9.85. The highest BCUT2D eigenvalue weighted by atomic mass is 15.1. The highest BCUT2D eigenvalue weighted by Gasteiger charge is 2.29. The zero-order valence-corrected chi connectivity index (χ0v) is 14.8. The Bertz CT molecular complexity index is 742. The SMILES string of the molecule is Cc1cc2c(cc1C)C(=N[C@H](C)c1ccccc1)NC(C)(C)C2. The van der Waals surface area contributed by atoms with E-state index in [4.69, 9.17) is 4.99 Å². The van der Waals surface area contributed by atoms with E-state index in [1.165, 1.54) is 27.8 Å². The lowest BCUT2D eigenvalue weighted by molar-refractivity contribution is 0.446. The topological polar surface area (TPSA) is 24.4 Å². The van der Waals surface area contributed by atoms with Crippen LogP contribution in [0, 0.1) is 13.8 Å². The lowest BCUT2D eigenvalue weighted by Gasteiger charge is -2.35. The molecule has 0 radical (unpaired) electrons. The third-order valence-corrected chi connectivity index (χ3v) is 4.67. The number of rotatable bonds is 2. The third-order valence-electron chi connectivity index (χ3n) is 4.67. The second kappa shape index (κ2) is 5.84. The van der Waals surface area contributed by atoms with Crippen molar-refractivity contribution in [2.75, 3.05) is 0 Å². The molecule has 0 amide bonds. The average Bonchev–Trinajstić information content (AvgIpc) is 2.49. The largest absolute Gasteiger partial charge is 0.365 e. The molecule has 1 aliphatic rings. The van der Waals surface area contributed by atoms with Gasteiger partial charge in [0.1, 0.15) is 5.84 Å². The van der Waals surface area contributed by atoms with E-state index < -0.39 is 0 Å². The van der Waals surface area contributed by atoms with Crippen LogP contribution in [0.15, 0.2) is 47.5 Å². The van der Waals surface area contributed by atoms with Crippen LogP contribution in [0.4, 0.5) is 0 Å². The maximum absolute atomic E-state index is 5.02. The normalized spacial score (nSPS) is 19.1. The number of fused-ring (bicyclic) bond motifs is 1. The molecule has 0 saturated carbocycles. The van der Waals surface area contributed by atoms with Gasteiger partial charge in [0.2, 0.25) is 0 Å². The molecule has 0 saturated heterocycles. The van der Waals surface area contributed by atoms with Crippen LogP contribution in [0.1, 0.15) is 54.6 Å². The van der Waals surface area contributed by atoms with Gasteiger partial charge in [-0.2, -0.15) is 0 Å². The summed E-state index contributed by atoms with van der Waals surface area (Å²) >= 11 is 0. The lowest BCUT2D eigenvalue weighted by Crippen LogP contribution is -2.49. The first-order chi connectivity index (χ1) is 10.9. The molecular weight excluding hydrogens is 280 g/mol. The molecule has 2 nitrogen and oxygen atoms in total. The Labute approximate surface area is 139 Å². The Kier molecular flexibility index (Phi) is 4.01. The minimum atomic E-state index is 0.0317. The molecule has 0 fully saturated rings. The van der Waals surface area contributed by atoms with Gasteiger partial charge < -0.3 is 5.32 Å². The Morgan fingerprint density at radius 2 is 1.70 bits per heavy atom. The molecule has 0 aromatic heterocycles. The number of aryl methyl sites for hydroxylation is 2. The van der Waals surface area contributed by atoms with Crippen molar-refractivity contribution in [1.82, 2.24) is 5.32 Å². The van der Waals surface area contributed by atoms with Gasteiger partial charge in [-0.25, -0.2) is 0 Å². The van der Waals surface area contributed by atoms with Crippen molar-refractivity contribution >= 4 is 5.84 Å². The van der Waals surface area contributed by atoms with Gasteiger partial charge in [-0.15, -0.1) is 0 Å². The van der Waals surface area contributed by atoms with E-state index in [0.29, 0.717) is 0 Å². The fourth-order valence-electron chi connectivity index (χ4n) is 3.25. The molecule has 1 aliphatic heterocycles. The number of hydrogen-bond donors (Lipinski definition) is 1. The molecule has 2 aromatic rings. The molecule has 0 spiro atoms. The quantitative estimate of drug-likeness (QED) is 0.852. The van der Waals surface area contributed by atoms with Crippen molar-refractivity contribution < 1.29 is 0 Å². The van der Waals surface area contributed by atoms with E-state index in [0.717, 1.165) is 12.3 Å². The summed E-state index contributed by atoms with van der Waals surface area (Å²) in [6.07, 6.45) is 1.03. The Morgan fingerprint density at radius 1 is 1.04 bits per heavy atom. The second-order valence-electron chi connectivity index (χ2n) is 7.34. The molecule has 120 valence electrons. The van der Waals surface area contributed by atoms with Crippen LogP contribution in [0.25, 0.3) is 0 Å². The van der Waals surface area contributed by atoms with Gasteiger partial charge in [0.25, 0.3) is 0 Å². The zero-order valence-electron chi connectivity index (χ0n) is 14.8. The number of hydrogen-bond acceptors (Lipinski definition) is 1. The summed E-state index contributed by atoms with van der Waals surface area (Å²) in [5.41, 5.74) is 6.62. The van der Waals surface area contributed by atoms with Gasteiger partial charge in [0.05, 0.1) is 6.04 Å². The van der Waals surface area contributed by atoms with Crippen LogP contribution in [-0.2, 0) is 6.42 Å². The average molecular weight is 306 g/mol. The molecular formula is C21H26N2. The maximum atomic E-state index is 5.02. The van der Waals surface area contributed by atoms with Gasteiger partial charge in [-0.3, -0.25) is 4.99 Å². The van der Waals surface area contributed by atoms with Crippen molar-refractivity contribution in [2.45, 2.75) is 52.6 Å². The first kappa shape index (κ1) is 15.8. The van der Waals surface area contributed by atoms with E-state index in [1.807, 2.05) is 6.07 Å². The molecule has 3 rings (SSSR count). The fraction of sp³-hybridized carbons (Fsp3) is 0.381. The summed E-state index contributed by atoms with van der Waals surface area (Å²) in [6, 6.07) is 15.2. The van der Waals surface area contributed by atoms with Gasteiger partial charge in [0.15, 0.2) is 0 Å². The molecule has 1 N–H and O–H groups in total. The summed E-state index contributed by atoms with van der Waals surface area (Å²) in [5, 5.41) is 3.65. The van der Waals surface area contributed by atoms with Gasteiger partial charge >= 0.3 is 0 Å². The van der Waals surface area contributed by atoms with Crippen molar-refractivity contribution in [3.8, 4) is 0 Å². The predicted molar refractivity (Wildman–Crippen MR) is 98.2 cm³/mol. The van der Waals surface area contributed by atoms with Crippen LogP contribution in [-0.4, -0.2) is 11.4 Å². The Morgan fingerprint density at radius 3 is 2.39 bits per heavy atom. The maximum Gasteiger partial charge on any atom is 0.129 e. The first-order valence-electron chi connectivity index (χ1n) is 8.37. The van der Waals surface area contributed by atoms with Crippen LogP contribution in [0.2, 0.25) is 0 Å². The highest BCUT2D eigenvalue weighted by Crippen LogP contribution is 2.28. The Hall–Kier alpha value is -2.09. The third kappa shape index (κ3) is 3.31. The first-order valence-corrected chi connectivity index (χ1v) is 8.37. The molecule has 0 bridgehead atoms. The monoisotopic (exact) mass is 306 g/mol. The summed E-state index contributed by atoms with van der Waals surface area (Å²) in [6.45, 7) is 11.0. The molecule has 2 heteroatoms.